The second kappa shape index (κ2) is 42.8. The fraction of sp³-hybridized carbons (Fsp3) is 0.231. The van der Waals surface area contributed by atoms with Crippen LogP contribution in [0.2, 0.25) is 0 Å². The predicted molar refractivity (Wildman–Crippen MR) is 533 cm³/mol. The summed E-state index contributed by atoms with van der Waals surface area (Å²) >= 11 is 0.153. The Hall–Kier alpha value is -13.5. The number of aryl methyl sites for hydroxylation is 4. The van der Waals surface area contributed by atoms with Gasteiger partial charge in [0, 0.05) is 114 Å². The third-order valence-electron chi connectivity index (χ3n) is 23.1. The van der Waals surface area contributed by atoms with Gasteiger partial charge >= 0.3 is 38.6 Å². The Kier molecular flexibility index (Phi) is 32.1. The minimum Gasteiger partial charge on any atom is -0.460 e. The fourth-order valence-electron chi connectivity index (χ4n) is 15.9. The summed E-state index contributed by atoms with van der Waals surface area (Å²) in [6.07, 6.45) is 0.209. The van der Waals surface area contributed by atoms with Crippen molar-refractivity contribution in [2.24, 2.45) is 4.99 Å². The molecule has 0 atom stereocenters. The van der Waals surface area contributed by atoms with E-state index in [1.807, 2.05) is 88.4 Å². The van der Waals surface area contributed by atoms with Crippen molar-refractivity contribution in [3.63, 3.8) is 0 Å². The zero-order chi connectivity index (χ0) is 105. The maximum atomic E-state index is 15.8. The Morgan fingerprint density at radius 3 is 1.51 bits per heavy atom. The first-order chi connectivity index (χ1) is 67.6. The largest absolute Gasteiger partial charge is 0.460 e. The number of ether oxygens (including phenoxy) is 2. The van der Waals surface area contributed by atoms with Gasteiger partial charge in [0.2, 0.25) is 11.0 Å². The van der Waals surface area contributed by atoms with Gasteiger partial charge in [0.25, 0.3) is 20.0 Å². The summed E-state index contributed by atoms with van der Waals surface area (Å²) in [5, 5.41) is -3.37. The number of sulfonamides is 4. The first kappa shape index (κ1) is 108. The lowest BCUT2D eigenvalue weighted by Crippen LogP contribution is -2.71. The Balaban J connectivity index is 0.000000245. The zero-order valence-corrected chi connectivity index (χ0v) is 84.4. The van der Waals surface area contributed by atoms with E-state index in [1.54, 1.807) is 60.7 Å². The molecule has 0 fully saturated rings. The zero-order valence-electron chi connectivity index (χ0n) is 79.5. The number of amides is 1. The van der Waals surface area contributed by atoms with Crippen LogP contribution < -0.4 is 40.0 Å². The highest BCUT2D eigenvalue weighted by molar-refractivity contribution is 8.12. The molecule has 14 rings (SSSR count). The highest BCUT2D eigenvalue weighted by Crippen LogP contribution is 2.55. The Labute approximate surface area is 829 Å². The quantitative estimate of drug-likeness (QED) is 0.00365. The highest BCUT2D eigenvalue weighted by Gasteiger charge is 2.81. The molecule has 0 aromatic heterocycles. The molecule has 2 heterocycles. The van der Waals surface area contributed by atoms with Crippen LogP contribution in [-0.2, 0) is 64.5 Å². The van der Waals surface area contributed by atoms with E-state index in [-0.39, 0.29) is 110 Å². The van der Waals surface area contributed by atoms with Crippen molar-refractivity contribution in [3.8, 4) is 50.7 Å². The smallest absolute Gasteiger partial charge is 0.450 e. The first-order valence-corrected chi connectivity index (χ1v) is 52.7. The number of anilines is 4. The van der Waals surface area contributed by atoms with Gasteiger partial charge in [0.1, 0.15) is 51.7 Å². The van der Waals surface area contributed by atoms with Crippen LogP contribution in [-0.4, -0.2) is 96.1 Å². The van der Waals surface area contributed by atoms with Crippen LogP contribution in [0, 0.1) is 51.0 Å². The molecule has 0 bridgehead atoms. The summed E-state index contributed by atoms with van der Waals surface area (Å²) in [4.78, 5) is 26.6. The number of fused-ring (bicyclic) bond motifs is 4. The summed E-state index contributed by atoms with van der Waals surface area (Å²) in [5.74, 6) is -17.7. The summed E-state index contributed by atoms with van der Waals surface area (Å²) in [7, 11) is -32.2. The van der Waals surface area contributed by atoms with Crippen LogP contribution in [0.3, 0.4) is 0 Å². The van der Waals surface area contributed by atoms with Gasteiger partial charge in [0.05, 0.1) is 38.3 Å². The van der Waals surface area contributed by atoms with Crippen molar-refractivity contribution >= 4 is 136 Å². The molecule has 5 N–H and O–H groups in total. The van der Waals surface area contributed by atoms with E-state index < -0.39 is 145 Å². The number of halogens is 10. The second-order valence-corrected chi connectivity index (χ2v) is 44.4. The topological polar surface area (TPSA) is 347 Å². The highest BCUT2D eigenvalue weighted by atomic mass is 32.3. The van der Waals surface area contributed by atoms with Crippen molar-refractivity contribution in [3.05, 3.63) is 325 Å². The van der Waals surface area contributed by atoms with Gasteiger partial charge in [0.15, 0.2) is 38.2 Å². The second-order valence-electron chi connectivity index (χ2n) is 34.8. The van der Waals surface area contributed by atoms with Crippen LogP contribution in [0.1, 0.15) is 136 Å². The van der Waals surface area contributed by atoms with Crippen LogP contribution in [0.25, 0.3) is 77.0 Å². The molecule has 144 heavy (non-hydrogen) atoms. The molecule has 0 spiro atoms. The van der Waals surface area contributed by atoms with Gasteiger partial charge in [-0.05, 0) is 164 Å². The number of hydrogen-bond acceptors (Lipinski definition) is 21. The number of thioether (sulfide) groups is 1. The molecule has 0 radical (unpaired) electrons. The number of hydrogen-bond donors (Lipinski definition) is 5. The lowest BCUT2D eigenvalue weighted by molar-refractivity contribution is -0.403. The molecule has 10 aromatic carbocycles. The van der Waals surface area contributed by atoms with Crippen molar-refractivity contribution in [1.29, 1.82) is 0 Å². The molecular formula is C104H97F10N7O17S6. The van der Waals surface area contributed by atoms with E-state index in [9.17, 15) is 51.7 Å². The fourth-order valence-corrected chi connectivity index (χ4v) is 23.7. The van der Waals surface area contributed by atoms with E-state index in [2.05, 4.69) is 110 Å². The van der Waals surface area contributed by atoms with Gasteiger partial charge in [-0.25, -0.2) is 70.8 Å². The molecule has 10 aromatic rings. The van der Waals surface area contributed by atoms with Crippen molar-refractivity contribution in [2.45, 2.75) is 150 Å². The average Bonchev–Trinajstić information content (AvgIpc) is 0.711. The van der Waals surface area contributed by atoms with Gasteiger partial charge in [-0.1, -0.05) is 196 Å². The number of carbonyl (C=O) groups is 2. The van der Waals surface area contributed by atoms with E-state index in [4.69, 9.17) is 23.3 Å². The number of carbonyl (C=O) groups excluding carboxylic acids is 2. The Morgan fingerprint density at radius 1 is 0.514 bits per heavy atom. The number of para-hydroxylation sites is 4. The maximum absolute atomic E-state index is 15.8. The molecule has 1 amide bonds. The van der Waals surface area contributed by atoms with Gasteiger partial charge in [-0.15, -0.1) is 15.9 Å². The van der Waals surface area contributed by atoms with E-state index >= 15 is 43.9 Å². The third kappa shape index (κ3) is 22.4. The molecule has 0 saturated carbocycles. The van der Waals surface area contributed by atoms with Crippen LogP contribution >= 0.6 is 11.8 Å². The van der Waals surface area contributed by atoms with Crippen molar-refractivity contribution in [2.75, 3.05) is 36.1 Å². The standard InChI is InChI=1S/C58H60F4N4O9S3.C46H36F6N3O8S3/c1-31(2)38-16-13-17-39(32(3)4)53(38)64-36-21-23-42-45(29-36)75-46-30-37(65-54-40(33(5)6)18-14-19-41(54)34(7)8)22-24-43(46)48(42)44-15-11-12-20-47(44)77(69,70)66-78(71,72)56-51(61)49(59)55(50(60)52(56)62)76-28-27-74-58(68)63-25-26-73-57(67)35(9)10;1-6-31-17-21-34(22-18-31)63-66(60,61)46(51,52)44(47,48)45(49,50)65(58,59)55-64(56,57)40-16-8-7-15-37(40)41-35-23-19-32(53-42-27(2)11-9-12-28(42)3)25-38(35)62-39-26-33(20-24-36(39)41)54-43-29(4)13-10-14-30(43)5/h11-24,29-34,64,66H,9,25-28H2,1-8,10H3,(H,63,68);6-26,53H,1H2,2-5H3/q;-1/p+1. The minimum atomic E-state index is -7.61. The van der Waals surface area contributed by atoms with Gasteiger partial charge < -0.3 is 42.6 Å². The maximum Gasteiger partial charge on any atom is 0.450 e. The molecule has 2 aliphatic heterocycles. The number of rotatable bonds is 34. The van der Waals surface area contributed by atoms with Crippen LogP contribution in [0.15, 0.2) is 271 Å². The SMILES string of the molecule is C=C(C)C(=O)OCCNC(=O)OCCSc1c(F)c(F)c(S(=O)(=O)NS(=O)(=O)c2ccccc2-c2c3ccc(=Nc4c(C(C)C)cccc4C(C)C)cc-3oc3cc(Nc4c(C(C)C)cccc4C(C)C)ccc23)c(F)c1F.C=Cc1ccc(OS(=O)(=O)C(F)(F)C(F)(F)C(F)(F)S(=O)(=O)[N-]S(=O)(=O)c2ccccc2-c2c3ccc(=[NH+]c4c(C)cccc4C)cc-3oc3cc(Nc4c(C)cccc4C)ccc23)cc1. The predicted octanol–water partition coefficient (Wildman–Crippen LogP) is 23.6. The lowest BCUT2D eigenvalue weighted by Gasteiger charge is -2.35. The number of esters is 1. The molecule has 40 heteroatoms. The van der Waals surface area contributed by atoms with Crippen LogP contribution in [0.5, 0.6) is 5.75 Å². The first-order valence-electron chi connectivity index (χ1n) is 44.5. The Bertz CT molecular complexity index is 8010. The van der Waals surface area contributed by atoms with Crippen molar-refractivity contribution < 1.29 is 123 Å². The number of nitrogens with zero attached hydrogens (tertiary/aromatic N) is 2. The summed E-state index contributed by atoms with van der Waals surface area (Å²) in [5.41, 5.74) is 13.5. The lowest BCUT2D eigenvalue weighted by atomic mass is 9.92. The van der Waals surface area contributed by atoms with Gasteiger partial charge in [-0.2, -0.15) is 34.8 Å². The van der Waals surface area contributed by atoms with Gasteiger partial charge in [-0.3, -0.25) is 0 Å². The molecular weight excluding hydrogens is 2000 g/mol. The third-order valence-corrected chi connectivity index (χ3v) is 32.4. The Morgan fingerprint density at radius 2 is 0.993 bits per heavy atom. The molecule has 0 unspecified atom stereocenters. The summed E-state index contributed by atoms with van der Waals surface area (Å²) in [6.45, 7) is 31.6. The molecule has 756 valence electrons. The van der Waals surface area contributed by atoms with Crippen molar-refractivity contribution in [1.82, 2.24) is 9.44 Å². The van der Waals surface area contributed by atoms with E-state index in [1.165, 1.54) is 53.5 Å². The number of benzene rings is 12. The minimum absolute atomic E-state index is 0.0169. The average molecular weight is 2100 g/mol. The summed E-state index contributed by atoms with van der Waals surface area (Å²) in [6, 6.07) is 56.6. The number of alkyl carbamates (subject to hydrolysis) is 1. The molecule has 0 saturated heterocycles. The molecule has 4 aliphatic rings. The van der Waals surface area contributed by atoms with E-state index in [0.29, 0.717) is 45.2 Å². The number of nitrogens with one attached hydrogen (secondary N) is 5. The van der Waals surface area contributed by atoms with E-state index in [0.717, 1.165) is 104 Å². The molecule has 24 nitrogen and oxygen atoms in total. The normalized spacial score (nSPS) is 12.8. The monoisotopic (exact) mass is 2100 g/mol. The summed E-state index contributed by atoms with van der Waals surface area (Å²) < 4.78 is 320. The van der Waals surface area contributed by atoms with Crippen LogP contribution in [0.4, 0.5) is 82.8 Å². The molecule has 2 aliphatic carbocycles. The number of alkyl halides is 6.